The summed E-state index contributed by atoms with van der Waals surface area (Å²) in [7, 11) is 0. The van der Waals surface area contributed by atoms with Crippen LogP contribution in [-0.2, 0) is 0 Å². The summed E-state index contributed by atoms with van der Waals surface area (Å²) in [4.78, 5) is 19.3. The number of thiazole rings is 1. The van der Waals surface area contributed by atoms with Gasteiger partial charge in [0, 0.05) is 6.54 Å². The van der Waals surface area contributed by atoms with Crippen LogP contribution in [-0.4, -0.2) is 22.3 Å². The number of hydrogen-bond donors (Lipinski definition) is 0. The average molecular weight is 312 g/mol. The molecule has 1 aromatic carbocycles. The molecule has 1 fully saturated rings. The van der Waals surface area contributed by atoms with Crippen LogP contribution in [0.25, 0.3) is 10.2 Å². The predicted octanol–water partition coefficient (Wildman–Crippen LogP) is 4.26. The van der Waals surface area contributed by atoms with Gasteiger partial charge in [0.05, 0.1) is 22.5 Å². The molecule has 0 N–H and O–H groups in total. The molecule has 1 atom stereocenters. The minimum atomic E-state index is -0.0334. The first kappa shape index (κ1) is 13.5. The lowest BCUT2D eigenvalue weighted by Gasteiger charge is -2.33. The predicted molar refractivity (Wildman–Crippen MR) is 86.0 cm³/mol. The van der Waals surface area contributed by atoms with E-state index in [4.69, 9.17) is 9.40 Å². The van der Waals surface area contributed by atoms with Gasteiger partial charge in [-0.1, -0.05) is 12.1 Å². The summed E-state index contributed by atoms with van der Waals surface area (Å²) in [5.41, 5.74) is 1.01. The maximum absolute atomic E-state index is 12.7. The van der Waals surface area contributed by atoms with Crippen molar-refractivity contribution in [3.63, 3.8) is 0 Å². The Morgan fingerprint density at radius 2 is 2.14 bits per heavy atom. The Morgan fingerprint density at radius 1 is 1.23 bits per heavy atom. The van der Waals surface area contributed by atoms with Crippen LogP contribution < -0.4 is 0 Å². The highest BCUT2D eigenvalue weighted by Crippen LogP contribution is 2.36. The van der Waals surface area contributed by atoms with Crippen LogP contribution >= 0.6 is 11.3 Å². The summed E-state index contributed by atoms with van der Waals surface area (Å²) >= 11 is 1.69. The number of benzene rings is 1. The van der Waals surface area contributed by atoms with Gasteiger partial charge in [-0.05, 0) is 43.5 Å². The van der Waals surface area contributed by atoms with Crippen molar-refractivity contribution >= 4 is 27.5 Å². The molecule has 0 radical (unpaired) electrons. The van der Waals surface area contributed by atoms with Crippen LogP contribution in [0.4, 0.5) is 0 Å². The monoisotopic (exact) mass is 312 g/mol. The molecule has 112 valence electrons. The first-order valence-electron chi connectivity index (χ1n) is 7.53. The van der Waals surface area contributed by atoms with Crippen LogP contribution in [0.3, 0.4) is 0 Å². The van der Waals surface area contributed by atoms with E-state index < -0.39 is 0 Å². The van der Waals surface area contributed by atoms with Gasteiger partial charge in [0.25, 0.3) is 5.91 Å². The van der Waals surface area contributed by atoms with E-state index in [-0.39, 0.29) is 11.9 Å². The number of carbonyl (C=O) groups is 1. The van der Waals surface area contributed by atoms with E-state index in [2.05, 4.69) is 6.07 Å². The number of hydrogen-bond acceptors (Lipinski definition) is 4. The number of carbonyl (C=O) groups excluding carboxylic acids is 1. The van der Waals surface area contributed by atoms with Crippen LogP contribution in [0.5, 0.6) is 0 Å². The van der Waals surface area contributed by atoms with E-state index in [0.717, 1.165) is 36.3 Å². The van der Waals surface area contributed by atoms with Gasteiger partial charge in [0.15, 0.2) is 5.76 Å². The lowest BCUT2D eigenvalue weighted by molar-refractivity contribution is 0.0579. The Hall–Kier alpha value is -2.14. The molecule has 4 nitrogen and oxygen atoms in total. The van der Waals surface area contributed by atoms with E-state index in [1.807, 2.05) is 23.1 Å². The molecule has 2 aromatic heterocycles. The van der Waals surface area contributed by atoms with E-state index in [1.54, 1.807) is 29.7 Å². The number of aromatic nitrogens is 1. The zero-order valence-electron chi connectivity index (χ0n) is 12.1. The van der Waals surface area contributed by atoms with Gasteiger partial charge < -0.3 is 9.32 Å². The van der Waals surface area contributed by atoms with Crippen LogP contribution in [0.1, 0.15) is 40.9 Å². The van der Waals surface area contributed by atoms with Crippen molar-refractivity contribution in [3.05, 3.63) is 53.4 Å². The fraction of sp³-hybridized carbons (Fsp3) is 0.294. The normalized spacial score (nSPS) is 18.7. The topological polar surface area (TPSA) is 46.3 Å². The second kappa shape index (κ2) is 5.57. The number of rotatable bonds is 2. The third kappa shape index (κ3) is 2.31. The highest BCUT2D eigenvalue weighted by atomic mass is 32.1. The van der Waals surface area contributed by atoms with Crippen molar-refractivity contribution in [3.8, 4) is 0 Å². The Morgan fingerprint density at radius 3 is 2.95 bits per heavy atom. The fourth-order valence-electron chi connectivity index (χ4n) is 3.01. The molecule has 1 aliphatic rings. The van der Waals surface area contributed by atoms with Crippen molar-refractivity contribution in [2.24, 2.45) is 0 Å². The molecule has 1 saturated heterocycles. The molecular weight excluding hydrogens is 296 g/mol. The molecule has 3 heterocycles. The molecular formula is C17H16N2O2S. The highest BCUT2D eigenvalue weighted by molar-refractivity contribution is 7.18. The zero-order chi connectivity index (χ0) is 14.9. The molecule has 1 amide bonds. The van der Waals surface area contributed by atoms with Crippen molar-refractivity contribution in [1.29, 1.82) is 0 Å². The lowest BCUT2D eigenvalue weighted by Crippen LogP contribution is -2.38. The van der Waals surface area contributed by atoms with E-state index >= 15 is 0 Å². The Bertz CT molecular complexity index is 761. The number of fused-ring (bicyclic) bond motifs is 1. The first-order chi connectivity index (χ1) is 10.8. The number of para-hydroxylation sites is 1. The van der Waals surface area contributed by atoms with Gasteiger partial charge in [0.1, 0.15) is 5.01 Å². The second-order valence-electron chi connectivity index (χ2n) is 5.51. The number of nitrogens with zero attached hydrogens (tertiary/aromatic N) is 2. The van der Waals surface area contributed by atoms with Gasteiger partial charge >= 0.3 is 0 Å². The standard InChI is InChI=1S/C17H16N2O2S/c20-17(14-8-5-11-21-14)19-10-4-3-7-13(19)16-18-12-6-1-2-9-15(12)22-16/h1-2,5-6,8-9,11,13H,3-4,7,10H2. The van der Waals surface area contributed by atoms with Crippen molar-refractivity contribution < 1.29 is 9.21 Å². The first-order valence-corrected chi connectivity index (χ1v) is 8.34. The molecule has 1 aliphatic heterocycles. The molecule has 0 aliphatic carbocycles. The van der Waals surface area contributed by atoms with Gasteiger partial charge in [-0.15, -0.1) is 11.3 Å². The fourth-order valence-corrected chi connectivity index (χ4v) is 4.12. The van der Waals surface area contributed by atoms with Crippen LogP contribution in [0.2, 0.25) is 0 Å². The number of amides is 1. The largest absolute Gasteiger partial charge is 0.459 e. The molecule has 0 spiro atoms. The number of piperidine rings is 1. The third-order valence-corrected chi connectivity index (χ3v) is 5.23. The van der Waals surface area contributed by atoms with Crippen LogP contribution in [0.15, 0.2) is 47.1 Å². The summed E-state index contributed by atoms with van der Waals surface area (Å²) < 4.78 is 6.46. The molecule has 4 rings (SSSR count). The minimum Gasteiger partial charge on any atom is -0.459 e. The maximum Gasteiger partial charge on any atom is 0.290 e. The third-order valence-electron chi connectivity index (χ3n) is 4.09. The van der Waals surface area contributed by atoms with E-state index in [0.29, 0.717) is 5.76 Å². The average Bonchev–Trinajstić information content (AvgIpc) is 3.23. The zero-order valence-corrected chi connectivity index (χ0v) is 12.9. The van der Waals surface area contributed by atoms with E-state index in [9.17, 15) is 4.79 Å². The second-order valence-corrected chi connectivity index (χ2v) is 6.57. The Labute approximate surface area is 132 Å². The Balaban J connectivity index is 1.69. The molecule has 22 heavy (non-hydrogen) atoms. The van der Waals surface area contributed by atoms with Crippen molar-refractivity contribution in [2.45, 2.75) is 25.3 Å². The summed E-state index contributed by atoms with van der Waals surface area (Å²) in [5, 5.41) is 1.03. The quantitative estimate of drug-likeness (QED) is 0.710. The van der Waals surface area contributed by atoms with Gasteiger partial charge in [-0.25, -0.2) is 4.98 Å². The molecule has 0 bridgehead atoms. The summed E-state index contributed by atoms with van der Waals surface area (Å²) in [5.74, 6) is 0.377. The van der Waals surface area contributed by atoms with E-state index in [1.165, 1.54) is 4.70 Å². The SMILES string of the molecule is O=C(c1ccco1)N1CCCCC1c1nc2ccccc2s1. The lowest BCUT2D eigenvalue weighted by atomic mass is 10.0. The minimum absolute atomic E-state index is 0.0334. The van der Waals surface area contributed by atoms with Gasteiger partial charge in [-0.3, -0.25) is 4.79 Å². The number of likely N-dealkylation sites (tertiary alicyclic amines) is 1. The highest BCUT2D eigenvalue weighted by Gasteiger charge is 2.31. The van der Waals surface area contributed by atoms with Crippen molar-refractivity contribution in [2.75, 3.05) is 6.54 Å². The molecule has 0 saturated carbocycles. The summed E-state index contributed by atoms with van der Waals surface area (Å²) in [6, 6.07) is 11.7. The Kier molecular flexibility index (Phi) is 3.42. The van der Waals surface area contributed by atoms with Crippen LogP contribution in [0, 0.1) is 0 Å². The van der Waals surface area contributed by atoms with Crippen molar-refractivity contribution in [1.82, 2.24) is 9.88 Å². The van der Waals surface area contributed by atoms with Gasteiger partial charge in [-0.2, -0.15) is 0 Å². The summed E-state index contributed by atoms with van der Waals surface area (Å²) in [6.07, 6.45) is 4.67. The molecule has 5 heteroatoms. The molecule has 1 unspecified atom stereocenters. The maximum atomic E-state index is 12.7. The smallest absolute Gasteiger partial charge is 0.290 e. The summed E-state index contributed by atoms with van der Waals surface area (Å²) in [6.45, 7) is 0.764. The number of furan rings is 1. The molecule has 3 aromatic rings. The van der Waals surface area contributed by atoms with Gasteiger partial charge in [0.2, 0.25) is 0 Å².